The molecule has 0 atom stereocenters. The van der Waals surface area contributed by atoms with E-state index >= 15 is 0 Å². The minimum atomic E-state index is -0.603. The third kappa shape index (κ3) is 3.72. The number of benzene rings is 1. The molecule has 1 aliphatic heterocycles. The molecule has 2 amide bonds. The molecule has 1 aliphatic carbocycles. The first-order chi connectivity index (χ1) is 11.6. The van der Waals surface area contributed by atoms with Crippen molar-refractivity contribution in [3.8, 4) is 0 Å². The Balaban J connectivity index is 1.56. The fourth-order valence-electron chi connectivity index (χ4n) is 3.59. The fraction of sp³-hybridized carbons (Fsp3) is 0.556. The van der Waals surface area contributed by atoms with E-state index in [0.29, 0.717) is 32.0 Å². The van der Waals surface area contributed by atoms with Crippen LogP contribution < -0.4 is 5.32 Å². The van der Waals surface area contributed by atoms with E-state index in [2.05, 4.69) is 5.32 Å². The highest BCUT2D eigenvalue weighted by molar-refractivity contribution is 6.33. The number of piperidine rings is 1. The van der Waals surface area contributed by atoms with Crippen molar-refractivity contribution in [2.24, 2.45) is 5.92 Å². The monoisotopic (exact) mass is 352 g/mol. The summed E-state index contributed by atoms with van der Waals surface area (Å²) < 4.78 is 13.9. The van der Waals surface area contributed by atoms with Gasteiger partial charge in [0.05, 0.1) is 10.6 Å². The van der Waals surface area contributed by atoms with Crippen molar-refractivity contribution >= 4 is 23.4 Å². The summed E-state index contributed by atoms with van der Waals surface area (Å²) >= 11 is 5.97. The molecule has 0 radical (unpaired) electrons. The van der Waals surface area contributed by atoms with Gasteiger partial charge in [-0.1, -0.05) is 30.5 Å². The average molecular weight is 353 g/mol. The Morgan fingerprint density at radius 2 is 1.79 bits per heavy atom. The third-order valence-corrected chi connectivity index (χ3v) is 5.35. The zero-order valence-corrected chi connectivity index (χ0v) is 14.3. The summed E-state index contributed by atoms with van der Waals surface area (Å²) in [7, 11) is 0. The number of nitrogens with zero attached hydrogens (tertiary/aromatic N) is 1. The predicted molar refractivity (Wildman–Crippen MR) is 90.4 cm³/mol. The summed E-state index contributed by atoms with van der Waals surface area (Å²) in [5, 5.41) is 3.25. The van der Waals surface area contributed by atoms with Crippen molar-refractivity contribution in [2.45, 2.75) is 44.6 Å². The number of amides is 2. The number of hydrogen-bond acceptors (Lipinski definition) is 2. The van der Waals surface area contributed by atoms with Crippen LogP contribution in [-0.2, 0) is 4.79 Å². The van der Waals surface area contributed by atoms with Crippen molar-refractivity contribution in [2.75, 3.05) is 13.1 Å². The average Bonchev–Trinajstić information content (AvgIpc) is 3.07. The predicted octanol–water partition coefficient (Wildman–Crippen LogP) is 3.39. The number of carbonyl (C=O) groups is 2. The number of carbonyl (C=O) groups excluding carboxylic acids is 2. The summed E-state index contributed by atoms with van der Waals surface area (Å²) in [6.07, 6.45) is 5.71. The van der Waals surface area contributed by atoms with E-state index in [1.165, 1.54) is 31.0 Å². The lowest BCUT2D eigenvalue weighted by molar-refractivity contribution is -0.127. The van der Waals surface area contributed by atoms with Crippen molar-refractivity contribution in [3.05, 3.63) is 34.6 Å². The van der Waals surface area contributed by atoms with Crippen LogP contribution in [0, 0.1) is 11.7 Å². The van der Waals surface area contributed by atoms with Crippen LogP contribution in [0.25, 0.3) is 0 Å². The zero-order chi connectivity index (χ0) is 17.1. The lowest BCUT2D eigenvalue weighted by Gasteiger charge is -2.32. The first-order valence-electron chi connectivity index (χ1n) is 8.60. The van der Waals surface area contributed by atoms with Gasteiger partial charge in [0.15, 0.2) is 0 Å². The van der Waals surface area contributed by atoms with Crippen molar-refractivity contribution in [1.82, 2.24) is 10.2 Å². The quantitative estimate of drug-likeness (QED) is 0.906. The molecule has 0 spiro atoms. The number of nitrogens with one attached hydrogen (secondary N) is 1. The van der Waals surface area contributed by atoms with Crippen LogP contribution in [0.5, 0.6) is 0 Å². The van der Waals surface area contributed by atoms with Crippen molar-refractivity contribution in [3.63, 3.8) is 0 Å². The van der Waals surface area contributed by atoms with E-state index in [-0.39, 0.29) is 22.4 Å². The molecule has 2 fully saturated rings. The highest BCUT2D eigenvalue weighted by Crippen LogP contribution is 2.25. The normalized spacial score (nSPS) is 19.5. The van der Waals surface area contributed by atoms with Gasteiger partial charge >= 0.3 is 0 Å². The van der Waals surface area contributed by atoms with Crippen LogP contribution in [0.2, 0.25) is 5.02 Å². The van der Waals surface area contributed by atoms with Crippen molar-refractivity contribution < 1.29 is 14.0 Å². The van der Waals surface area contributed by atoms with Crippen LogP contribution in [0.15, 0.2) is 18.2 Å². The molecule has 1 heterocycles. The van der Waals surface area contributed by atoms with E-state index in [1.807, 2.05) is 0 Å². The second-order valence-corrected chi connectivity index (χ2v) is 7.06. The second kappa shape index (κ2) is 7.51. The van der Waals surface area contributed by atoms with E-state index in [4.69, 9.17) is 11.6 Å². The van der Waals surface area contributed by atoms with E-state index < -0.39 is 11.7 Å². The molecule has 1 aromatic carbocycles. The lowest BCUT2D eigenvalue weighted by atomic mass is 9.95. The number of halogens is 2. The summed E-state index contributed by atoms with van der Waals surface area (Å²) in [5.41, 5.74) is -0.0759. The van der Waals surface area contributed by atoms with Crippen LogP contribution in [0.3, 0.4) is 0 Å². The van der Waals surface area contributed by atoms with Crippen LogP contribution in [0.4, 0.5) is 4.39 Å². The van der Waals surface area contributed by atoms with Gasteiger partial charge < -0.3 is 10.2 Å². The Hall–Kier alpha value is -1.62. The van der Waals surface area contributed by atoms with Crippen LogP contribution >= 0.6 is 11.6 Å². The smallest absolute Gasteiger partial charge is 0.258 e. The molecule has 3 rings (SSSR count). The molecule has 24 heavy (non-hydrogen) atoms. The maximum absolute atomic E-state index is 13.9. The van der Waals surface area contributed by atoms with Crippen LogP contribution in [-0.4, -0.2) is 35.8 Å². The Labute approximate surface area is 146 Å². The number of rotatable bonds is 3. The minimum absolute atomic E-state index is 0.0641. The SMILES string of the molecule is O=C(NC1CCCC1)C1CCN(C(=O)c2c(F)cccc2Cl)CC1. The fourth-order valence-corrected chi connectivity index (χ4v) is 3.84. The summed E-state index contributed by atoms with van der Waals surface area (Å²) in [6, 6.07) is 4.55. The van der Waals surface area contributed by atoms with Gasteiger partial charge in [0.25, 0.3) is 5.91 Å². The van der Waals surface area contributed by atoms with E-state index in [1.54, 1.807) is 4.90 Å². The van der Waals surface area contributed by atoms with Crippen LogP contribution in [0.1, 0.15) is 48.9 Å². The lowest BCUT2D eigenvalue weighted by Crippen LogP contribution is -2.45. The van der Waals surface area contributed by atoms with E-state index in [9.17, 15) is 14.0 Å². The Kier molecular flexibility index (Phi) is 5.39. The van der Waals surface area contributed by atoms with Gasteiger partial charge in [-0.25, -0.2) is 4.39 Å². The summed E-state index contributed by atoms with van der Waals surface area (Å²) in [4.78, 5) is 26.4. The first kappa shape index (κ1) is 17.2. The first-order valence-corrected chi connectivity index (χ1v) is 8.97. The third-order valence-electron chi connectivity index (χ3n) is 5.03. The molecule has 130 valence electrons. The molecule has 0 bridgehead atoms. The molecule has 1 saturated heterocycles. The summed E-state index contributed by atoms with van der Waals surface area (Å²) in [6.45, 7) is 0.901. The van der Waals surface area contributed by atoms with Gasteiger partial charge in [0.1, 0.15) is 5.82 Å². The zero-order valence-electron chi connectivity index (χ0n) is 13.6. The maximum Gasteiger partial charge on any atom is 0.258 e. The molecular formula is C18H22ClFN2O2. The van der Waals surface area contributed by atoms with Gasteiger partial charge in [-0.05, 0) is 37.8 Å². The molecule has 2 aliphatic rings. The maximum atomic E-state index is 13.9. The number of hydrogen-bond donors (Lipinski definition) is 1. The van der Waals surface area contributed by atoms with Crippen molar-refractivity contribution in [1.29, 1.82) is 0 Å². The molecule has 1 aromatic rings. The Morgan fingerprint density at radius 1 is 1.12 bits per heavy atom. The second-order valence-electron chi connectivity index (χ2n) is 6.65. The molecule has 6 heteroatoms. The van der Waals surface area contributed by atoms with Gasteiger partial charge in [-0.3, -0.25) is 9.59 Å². The molecular weight excluding hydrogens is 331 g/mol. The van der Waals surface area contributed by atoms with Gasteiger partial charge in [-0.2, -0.15) is 0 Å². The standard InChI is InChI=1S/C18H22ClFN2O2/c19-14-6-3-7-15(20)16(14)18(24)22-10-8-12(9-11-22)17(23)21-13-4-1-2-5-13/h3,6-7,12-13H,1-2,4-5,8-11H2,(H,21,23). The summed E-state index contributed by atoms with van der Waals surface area (Å²) in [5.74, 6) is -0.968. The van der Waals surface area contributed by atoms with Gasteiger partial charge in [-0.15, -0.1) is 0 Å². The highest BCUT2D eigenvalue weighted by Gasteiger charge is 2.30. The molecule has 4 nitrogen and oxygen atoms in total. The topological polar surface area (TPSA) is 49.4 Å². The molecule has 1 saturated carbocycles. The Bertz CT molecular complexity index is 603. The minimum Gasteiger partial charge on any atom is -0.353 e. The van der Waals surface area contributed by atoms with Gasteiger partial charge in [0, 0.05) is 25.0 Å². The molecule has 0 aromatic heterocycles. The Morgan fingerprint density at radius 3 is 2.42 bits per heavy atom. The van der Waals surface area contributed by atoms with E-state index in [0.717, 1.165) is 12.8 Å². The highest BCUT2D eigenvalue weighted by atomic mass is 35.5. The number of likely N-dealkylation sites (tertiary alicyclic amines) is 1. The van der Waals surface area contributed by atoms with Gasteiger partial charge in [0.2, 0.25) is 5.91 Å². The largest absolute Gasteiger partial charge is 0.353 e. The molecule has 1 N–H and O–H groups in total. The molecule has 0 unspecified atom stereocenters.